The van der Waals surface area contributed by atoms with Crippen LogP contribution in [0.4, 0.5) is 5.69 Å². The smallest absolute Gasteiger partial charge is 0.238 e. The molecule has 1 N–H and O–H groups in total. The molecule has 0 unspecified atom stereocenters. The molecule has 2 aromatic rings. The first-order valence-electron chi connectivity index (χ1n) is 8.24. The van der Waals surface area contributed by atoms with Crippen LogP contribution in [0, 0.1) is 0 Å². The molecule has 0 atom stereocenters. The molecule has 0 aliphatic carbocycles. The third-order valence-corrected chi connectivity index (χ3v) is 3.80. The number of hydrogen-bond acceptors (Lipinski definition) is 4. The molecule has 2 aromatic carbocycles. The third kappa shape index (κ3) is 6.49. The third-order valence-electron chi connectivity index (χ3n) is 3.80. The molecule has 5 nitrogen and oxygen atoms in total. The van der Waals surface area contributed by atoms with Crippen LogP contribution in [-0.4, -0.2) is 43.4 Å². The molecular formula is C20H24N2O3. The van der Waals surface area contributed by atoms with Gasteiger partial charge in [0.1, 0.15) is 0 Å². The molecule has 0 aliphatic rings. The van der Waals surface area contributed by atoms with Gasteiger partial charge in [-0.15, -0.1) is 0 Å². The molecule has 132 valence electrons. The minimum atomic E-state index is -0.0948. The highest BCUT2D eigenvalue weighted by Gasteiger charge is 2.12. The van der Waals surface area contributed by atoms with Gasteiger partial charge in [0.25, 0.3) is 0 Å². The van der Waals surface area contributed by atoms with E-state index in [2.05, 4.69) is 5.32 Å². The largest absolute Gasteiger partial charge is 0.383 e. The number of rotatable bonds is 9. The van der Waals surface area contributed by atoms with E-state index in [4.69, 9.17) is 4.74 Å². The fourth-order valence-electron chi connectivity index (χ4n) is 2.47. The first-order valence-corrected chi connectivity index (χ1v) is 8.24. The lowest BCUT2D eigenvalue weighted by atomic mass is 10.1. The van der Waals surface area contributed by atoms with Gasteiger partial charge in [-0.3, -0.25) is 14.5 Å². The number of anilines is 1. The van der Waals surface area contributed by atoms with Gasteiger partial charge in [-0.1, -0.05) is 30.3 Å². The number of ether oxygens (including phenoxy) is 1. The van der Waals surface area contributed by atoms with Gasteiger partial charge in [-0.2, -0.15) is 0 Å². The van der Waals surface area contributed by atoms with Crippen LogP contribution in [0.1, 0.15) is 22.8 Å². The maximum absolute atomic E-state index is 12.3. The number of nitrogens with zero attached hydrogens (tertiary/aromatic N) is 1. The molecule has 5 heteroatoms. The van der Waals surface area contributed by atoms with Crippen molar-refractivity contribution in [2.45, 2.75) is 13.5 Å². The van der Waals surface area contributed by atoms with E-state index in [1.807, 2.05) is 35.2 Å². The van der Waals surface area contributed by atoms with Crippen molar-refractivity contribution in [2.24, 2.45) is 0 Å². The molecular weight excluding hydrogens is 316 g/mol. The monoisotopic (exact) mass is 340 g/mol. The van der Waals surface area contributed by atoms with Crippen LogP contribution in [0.2, 0.25) is 0 Å². The highest BCUT2D eigenvalue weighted by atomic mass is 16.5. The summed E-state index contributed by atoms with van der Waals surface area (Å²) < 4.78 is 5.14. The van der Waals surface area contributed by atoms with Crippen molar-refractivity contribution in [1.82, 2.24) is 4.90 Å². The van der Waals surface area contributed by atoms with Crippen molar-refractivity contribution in [3.8, 4) is 0 Å². The summed E-state index contributed by atoms with van der Waals surface area (Å²) in [5.41, 5.74) is 2.46. The molecule has 0 fully saturated rings. The van der Waals surface area contributed by atoms with Crippen molar-refractivity contribution in [3.05, 3.63) is 65.7 Å². The molecule has 0 heterocycles. The van der Waals surface area contributed by atoms with E-state index in [1.165, 1.54) is 6.92 Å². The van der Waals surface area contributed by atoms with Crippen LogP contribution in [0.3, 0.4) is 0 Å². The van der Waals surface area contributed by atoms with E-state index in [0.29, 0.717) is 30.9 Å². The predicted molar refractivity (Wildman–Crippen MR) is 98.7 cm³/mol. The fraction of sp³-hybridized carbons (Fsp3) is 0.300. The van der Waals surface area contributed by atoms with Crippen LogP contribution in [0.25, 0.3) is 0 Å². The molecule has 0 spiro atoms. The summed E-state index contributed by atoms with van der Waals surface area (Å²) in [5, 5.41) is 2.87. The van der Waals surface area contributed by atoms with Gasteiger partial charge < -0.3 is 10.1 Å². The molecule has 0 aliphatic heterocycles. The number of benzene rings is 2. The summed E-state index contributed by atoms with van der Waals surface area (Å²) in [5.74, 6) is -0.0888. The van der Waals surface area contributed by atoms with Gasteiger partial charge in [-0.25, -0.2) is 0 Å². The molecule has 2 rings (SSSR count). The molecule has 0 bridgehead atoms. The van der Waals surface area contributed by atoms with E-state index < -0.39 is 0 Å². The van der Waals surface area contributed by atoms with Crippen molar-refractivity contribution >= 4 is 17.4 Å². The Morgan fingerprint density at radius 3 is 2.32 bits per heavy atom. The minimum absolute atomic E-state index is 0.00600. The Morgan fingerprint density at radius 1 is 1.04 bits per heavy atom. The Labute approximate surface area is 148 Å². The lowest BCUT2D eigenvalue weighted by molar-refractivity contribution is -0.117. The van der Waals surface area contributed by atoms with Gasteiger partial charge in [0.05, 0.1) is 13.2 Å². The van der Waals surface area contributed by atoms with Gasteiger partial charge in [0.2, 0.25) is 5.91 Å². The highest BCUT2D eigenvalue weighted by Crippen LogP contribution is 2.11. The van der Waals surface area contributed by atoms with Crippen LogP contribution < -0.4 is 5.32 Å². The number of ketones is 1. The molecule has 0 saturated carbocycles. The minimum Gasteiger partial charge on any atom is -0.383 e. The topological polar surface area (TPSA) is 58.6 Å². The Kier molecular flexibility index (Phi) is 7.32. The number of carbonyl (C=O) groups excluding carboxylic acids is 2. The zero-order valence-electron chi connectivity index (χ0n) is 14.7. The lowest BCUT2D eigenvalue weighted by Crippen LogP contribution is -2.35. The van der Waals surface area contributed by atoms with E-state index in [0.717, 1.165) is 5.56 Å². The molecule has 0 radical (unpaired) electrons. The molecule has 1 amide bonds. The fourth-order valence-corrected chi connectivity index (χ4v) is 2.47. The number of nitrogens with one attached hydrogen (secondary N) is 1. The quantitative estimate of drug-likeness (QED) is 0.713. The summed E-state index contributed by atoms with van der Waals surface area (Å²) in [7, 11) is 1.65. The van der Waals surface area contributed by atoms with Crippen molar-refractivity contribution < 1.29 is 14.3 Å². The first-order chi connectivity index (χ1) is 12.1. The second-order valence-electron chi connectivity index (χ2n) is 5.87. The summed E-state index contributed by atoms with van der Waals surface area (Å²) in [6.07, 6.45) is 0. The molecule has 0 aromatic heterocycles. The Morgan fingerprint density at radius 2 is 1.72 bits per heavy atom. The Hall–Kier alpha value is -2.50. The van der Waals surface area contributed by atoms with Crippen LogP contribution in [0.15, 0.2) is 54.6 Å². The number of methoxy groups -OCH3 is 1. The first kappa shape index (κ1) is 18.8. The summed E-state index contributed by atoms with van der Waals surface area (Å²) in [6, 6.07) is 16.9. The average molecular weight is 340 g/mol. The van der Waals surface area contributed by atoms with E-state index in [-0.39, 0.29) is 18.2 Å². The average Bonchev–Trinajstić information content (AvgIpc) is 2.61. The van der Waals surface area contributed by atoms with Crippen molar-refractivity contribution in [1.29, 1.82) is 0 Å². The van der Waals surface area contributed by atoms with Gasteiger partial charge >= 0.3 is 0 Å². The van der Waals surface area contributed by atoms with Crippen molar-refractivity contribution in [3.63, 3.8) is 0 Å². The van der Waals surface area contributed by atoms with E-state index in [9.17, 15) is 9.59 Å². The number of amides is 1. The highest BCUT2D eigenvalue weighted by molar-refractivity contribution is 5.96. The van der Waals surface area contributed by atoms with Gasteiger partial charge in [-0.05, 0) is 36.8 Å². The second kappa shape index (κ2) is 9.71. The molecule has 0 saturated heterocycles. The standard InChI is InChI=1S/C20H24N2O3/c1-16(23)18-8-10-19(11-9-18)21-20(24)15-22(12-13-25-2)14-17-6-4-3-5-7-17/h3-11H,12-15H2,1-2H3,(H,21,24). The normalized spacial score (nSPS) is 10.7. The van der Waals surface area contributed by atoms with Gasteiger partial charge in [0.15, 0.2) is 5.78 Å². The SMILES string of the molecule is COCCN(CC(=O)Nc1ccc(C(C)=O)cc1)Cc1ccccc1. The van der Waals surface area contributed by atoms with Crippen LogP contribution >= 0.6 is 0 Å². The van der Waals surface area contributed by atoms with Crippen molar-refractivity contribution in [2.75, 3.05) is 32.1 Å². The van der Waals surface area contributed by atoms with Gasteiger partial charge in [0, 0.05) is 31.5 Å². The van der Waals surface area contributed by atoms with E-state index >= 15 is 0 Å². The Bertz CT molecular complexity index is 684. The number of hydrogen-bond donors (Lipinski definition) is 1. The zero-order valence-corrected chi connectivity index (χ0v) is 14.7. The van der Waals surface area contributed by atoms with Crippen LogP contribution in [-0.2, 0) is 16.1 Å². The maximum Gasteiger partial charge on any atom is 0.238 e. The summed E-state index contributed by atoms with van der Waals surface area (Å²) >= 11 is 0. The zero-order chi connectivity index (χ0) is 18.1. The number of carbonyl (C=O) groups is 2. The lowest BCUT2D eigenvalue weighted by Gasteiger charge is -2.21. The second-order valence-corrected chi connectivity index (χ2v) is 5.87. The molecule has 25 heavy (non-hydrogen) atoms. The summed E-state index contributed by atoms with van der Waals surface area (Å²) in [4.78, 5) is 25.7. The van der Waals surface area contributed by atoms with Crippen LogP contribution in [0.5, 0.6) is 0 Å². The maximum atomic E-state index is 12.3. The Balaban J connectivity index is 1.94. The number of Topliss-reactive ketones (excluding diaryl/α,β-unsaturated/α-hetero) is 1. The van der Waals surface area contributed by atoms with E-state index in [1.54, 1.807) is 31.4 Å². The summed E-state index contributed by atoms with van der Waals surface area (Å²) in [6.45, 7) is 3.70. The predicted octanol–water partition coefficient (Wildman–Crippen LogP) is 2.98.